The molecule has 238 valence electrons. The third kappa shape index (κ3) is 4.15. The van der Waals surface area contributed by atoms with Crippen LogP contribution in [0.4, 0.5) is 0 Å². The first-order chi connectivity index (χ1) is 25.3. The van der Waals surface area contributed by atoms with Gasteiger partial charge in [-0.1, -0.05) is 48.5 Å². The molecule has 9 nitrogen and oxygen atoms in total. The highest BCUT2D eigenvalue weighted by Gasteiger charge is 2.18. The van der Waals surface area contributed by atoms with Crippen molar-refractivity contribution in [1.29, 1.82) is 0 Å². The van der Waals surface area contributed by atoms with Crippen molar-refractivity contribution in [3.05, 3.63) is 146 Å². The van der Waals surface area contributed by atoms with E-state index in [0.29, 0.717) is 22.2 Å². The van der Waals surface area contributed by atoms with Crippen LogP contribution in [0.25, 0.3) is 100.0 Å². The van der Waals surface area contributed by atoms with Crippen LogP contribution in [0, 0.1) is 0 Å². The Morgan fingerprint density at radius 2 is 0.902 bits per heavy atom. The van der Waals surface area contributed by atoms with Crippen LogP contribution in [-0.2, 0) is 0 Å². The van der Waals surface area contributed by atoms with Crippen LogP contribution in [0.1, 0.15) is 0 Å². The van der Waals surface area contributed by atoms with Crippen molar-refractivity contribution in [2.75, 3.05) is 0 Å². The lowest BCUT2D eigenvalue weighted by Crippen LogP contribution is -1.94. The van der Waals surface area contributed by atoms with Crippen LogP contribution in [-0.4, -0.2) is 39.0 Å². The van der Waals surface area contributed by atoms with Crippen LogP contribution in [0.15, 0.2) is 151 Å². The molecule has 0 fully saturated rings. The molecule has 9 heteroatoms. The molecule has 0 bridgehead atoms. The summed E-state index contributed by atoms with van der Waals surface area (Å²) in [5, 5.41) is 2.10. The maximum atomic E-state index is 6.24. The highest BCUT2D eigenvalue weighted by atomic mass is 16.3. The van der Waals surface area contributed by atoms with Gasteiger partial charge in [-0.3, -0.25) is 0 Å². The smallest absolute Gasteiger partial charge is 0.155 e. The number of nitrogens with zero attached hydrogens (tertiary/aromatic N) is 8. The third-order valence-electron chi connectivity index (χ3n) is 9.64. The first-order valence-electron chi connectivity index (χ1n) is 16.6. The van der Waals surface area contributed by atoms with E-state index in [0.717, 1.165) is 77.8 Å². The zero-order valence-electron chi connectivity index (χ0n) is 26.8. The molecule has 0 saturated carbocycles. The predicted molar refractivity (Wildman–Crippen MR) is 200 cm³/mol. The Kier molecular flexibility index (Phi) is 5.76. The second kappa shape index (κ2) is 10.6. The highest BCUT2D eigenvalue weighted by molar-refractivity contribution is 6.09. The number of hydrogen-bond donors (Lipinski definition) is 0. The van der Waals surface area contributed by atoms with E-state index in [9.17, 15) is 0 Å². The van der Waals surface area contributed by atoms with E-state index in [2.05, 4.69) is 89.7 Å². The number of furan rings is 1. The monoisotopic (exact) mass is 656 g/mol. The largest absolute Gasteiger partial charge is 0.453 e. The fourth-order valence-electron chi connectivity index (χ4n) is 7.35. The summed E-state index contributed by atoms with van der Waals surface area (Å²) < 4.78 is 10.7. The van der Waals surface area contributed by atoms with Gasteiger partial charge in [0, 0.05) is 33.3 Å². The molecule has 0 aliphatic carbocycles. The zero-order chi connectivity index (χ0) is 33.5. The molecule has 11 aromatic rings. The summed E-state index contributed by atoms with van der Waals surface area (Å²) in [7, 11) is 0. The molecule has 4 aromatic carbocycles. The molecule has 51 heavy (non-hydrogen) atoms. The molecule has 0 amide bonds. The van der Waals surface area contributed by atoms with Gasteiger partial charge in [-0.15, -0.1) is 0 Å². The molecular formula is C42H24N8O. The van der Waals surface area contributed by atoms with Crippen molar-refractivity contribution < 1.29 is 4.42 Å². The Morgan fingerprint density at radius 1 is 0.431 bits per heavy atom. The van der Waals surface area contributed by atoms with E-state index in [-0.39, 0.29) is 0 Å². The second-order valence-electron chi connectivity index (χ2n) is 12.5. The lowest BCUT2D eigenvalue weighted by Gasteiger charge is -2.08. The lowest BCUT2D eigenvalue weighted by atomic mass is 10.1. The summed E-state index contributed by atoms with van der Waals surface area (Å²) in [6.07, 6.45) is 6.93. The molecule has 0 N–H and O–H groups in total. The number of benzene rings is 4. The number of rotatable bonds is 4. The molecule has 11 rings (SSSR count). The van der Waals surface area contributed by atoms with E-state index in [1.807, 2.05) is 73.1 Å². The maximum Gasteiger partial charge on any atom is 0.155 e. The van der Waals surface area contributed by atoms with Gasteiger partial charge in [0.15, 0.2) is 11.2 Å². The Morgan fingerprint density at radius 3 is 1.37 bits per heavy atom. The summed E-state index contributed by atoms with van der Waals surface area (Å²) >= 11 is 0. The first kappa shape index (κ1) is 27.7. The van der Waals surface area contributed by atoms with Gasteiger partial charge in [0.25, 0.3) is 0 Å². The quantitative estimate of drug-likeness (QED) is 0.186. The van der Waals surface area contributed by atoms with Gasteiger partial charge in [-0.05, 0) is 72.8 Å². The summed E-state index contributed by atoms with van der Waals surface area (Å²) in [5.74, 6) is 0. The standard InChI is InChI=1S/C42H24N8O/c1-3-7-27(8-4-1)49-33-19-25(11-13-29(33)39-35(49)21-43-23-45-39)31-15-17-37-41(47-31)42-38(51-37)18-16-32(48-42)26-12-14-30-34(20-26)50(28-9-5-2-6-10-28)36-22-44-24-46-40(30)36/h1-24H. The van der Waals surface area contributed by atoms with Crippen molar-refractivity contribution in [2.24, 2.45) is 0 Å². The number of aromatic nitrogens is 8. The van der Waals surface area contributed by atoms with Gasteiger partial charge in [-0.2, -0.15) is 0 Å². The molecular weight excluding hydrogens is 633 g/mol. The fraction of sp³-hybridized carbons (Fsp3) is 0. The minimum absolute atomic E-state index is 0.686. The van der Waals surface area contributed by atoms with Crippen LogP contribution >= 0.6 is 0 Å². The Balaban J connectivity index is 1.07. The van der Waals surface area contributed by atoms with Gasteiger partial charge < -0.3 is 13.6 Å². The van der Waals surface area contributed by atoms with Crippen molar-refractivity contribution in [1.82, 2.24) is 39.0 Å². The van der Waals surface area contributed by atoms with E-state index < -0.39 is 0 Å². The molecule has 7 aromatic heterocycles. The minimum atomic E-state index is 0.686. The first-order valence-corrected chi connectivity index (χ1v) is 16.6. The van der Waals surface area contributed by atoms with Gasteiger partial charge in [0.1, 0.15) is 23.7 Å². The average Bonchev–Trinajstić information content (AvgIpc) is 3.85. The normalized spacial score (nSPS) is 11.9. The van der Waals surface area contributed by atoms with Crippen LogP contribution in [0.5, 0.6) is 0 Å². The molecule has 0 saturated heterocycles. The summed E-state index contributed by atoms with van der Waals surface area (Å²) in [6, 6.07) is 41.3. The fourth-order valence-corrected chi connectivity index (χ4v) is 7.35. The van der Waals surface area contributed by atoms with Crippen molar-refractivity contribution >= 4 is 66.1 Å². The molecule has 7 heterocycles. The van der Waals surface area contributed by atoms with Gasteiger partial charge in [-0.25, -0.2) is 29.9 Å². The lowest BCUT2D eigenvalue weighted by molar-refractivity contribution is 0.667. The van der Waals surface area contributed by atoms with Crippen LogP contribution < -0.4 is 0 Å². The van der Waals surface area contributed by atoms with E-state index >= 15 is 0 Å². The average molecular weight is 657 g/mol. The molecule has 0 aliphatic heterocycles. The highest BCUT2D eigenvalue weighted by Crippen LogP contribution is 2.37. The SMILES string of the molecule is c1ccc(-n2c3cc(-c4ccc5oc6ccc(-c7ccc8c9ncncc9n(-c9ccccc9)c8c7)nc6c5n4)ccc3c3ncncc32)cc1. The van der Waals surface area contributed by atoms with Crippen LogP contribution in [0.2, 0.25) is 0 Å². The van der Waals surface area contributed by atoms with Gasteiger partial charge >= 0.3 is 0 Å². The summed E-state index contributed by atoms with van der Waals surface area (Å²) in [5.41, 5.74) is 14.3. The predicted octanol–water partition coefficient (Wildman–Crippen LogP) is 9.48. The molecule has 0 radical (unpaired) electrons. The number of fused-ring (bicyclic) bond motifs is 9. The molecule has 0 aliphatic rings. The third-order valence-corrected chi connectivity index (χ3v) is 9.64. The second-order valence-corrected chi connectivity index (χ2v) is 12.5. The van der Waals surface area contributed by atoms with Gasteiger partial charge in [0.05, 0.1) is 56.9 Å². The molecule has 0 spiro atoms. The Hall–Kier alpha value is -7.26. The van der Waals surface area contributed by atoms with Crippen LogP contribution in [0.3, 0.4) is 0 Å². The van der Waals surface area contributed by atoms with Crippen molar-refractivity contribution in [2.45, 2.75) is 0 Å². The van der Waals surface area contributed by atoms with E-state index in [4.69, 9.17) is 14.4 Å². The zero-order valence-corrected chi connectivity index (χ0v) is 26.8. The molecule has 0 unspecified atom stereocenters. The maximum absolute atomic E-state index is 6.24. The molecule has 0 atom stereocenters. The minimum Gasteiger partial charge on any atom is -0.453 e. The Bertz CT molecular complexity index is 2930. The topological polar surface area (TPSA) is 100 Å². The van der Waals surface area contributed by atoms with Crippen molar-refractivity contribution in [3.8, 4) is 33.9 Å². The number of hydrogen-bond acceptors (Lipinski definition) is 7. The van der Waals surface area contributed by atoms with Crippen molar-refractivity contribution in [3.63, 3.8) is 0 Å². The summed E-state index contributed by atoms with van der Waals surface area (Å²) in [6.45, 7) is 0. The van der Waals surface area contributed by atoms with E-state index in [1.165, 1.54) is 0 Å². The number of pyridine rings is 2. The van der Waals surface area contributed by atoms with E-state index in [1.54, 1.807) is 12.7 Å². The Labute approximate surface area is 289 Å². The van der Waals surface area contributed by atoms with Gasteiger partial charge in [0.2, 0.25) is 0 Å². The number of para-hydroxylation sites is 2. The summed E-state index contributed by atoms with van der Waals surface area (Å²) in [4.78, 5) is 28.2.